The van der Waals surface area contributed by atoms with Crippen LogP contribution in [0.5, 0.6) is 11.5 Å². The number of H-pyrrole nitrogens is 1. The van der Waals surface area contributed by atoms with E-state index in [-0.39, 0.29) is 17.4 Å². The van der Waals surface area contributed by atoms with Crippen LogP contribution in [-0.2, 0) is 11.3 Å². The number of tetrazole rings is 1. The molecular formula is C28H33N7O4. The number of nitrogens with zero attached hydrogens (tertiary/aromatic N) is 6. The largest absolute Gasteiger partial charge is 0.508 e. The number of pyridine rings is 1. The van der Waals surface area contributed by atoms with Gasteiger partial charge in [0, 0.05) is 54.9 Å². The number of hydrogen-bond donors (Lipinski definition) is 2. The molecule has 6 rings (SSSR count). The Morgan fingerprint density at radius 3 is 2.69 bits per heavy atom. The maximum absolute atomic E-state index is 13.5. The Morgan fingerprint density at radius 2 is 1.95 bits per heavy atom. The Bertz CT molecular complexity index is 1470. The van der Waals surface area contributed by atoms with Gasteiger partial charge in [-0.25, -0.2) is 4.68 Å². The number of anilines is 1. The van der Waals surface area contributed by atoms with Crippen molar-refractivity contribution in [2.75, 3.05) is 44.3 Å². The number of rotatable bonds is 8. The Labute approximate surface area is 226 Å². The van der Waals surface area contributed by atoms with Crippen molar-refractivity contribution in [3.05, 3.63) is 70.3 Å². The quantitative estimate of drug-likeness (QED) is 0.353. The number of aromatic hydroxyl groups is 1. The average molecular weight is 532 g/mol. The third-order valence-electron chi connectivity index (χ3n) is 7.55. The summed E-state index contributed by atoms with van der Waals surface area (Å²) in [6, 6.07) is 14.5. The summed E-state index contributed by atoms with van der Waals surface area (Å²) < 4.78 is 13.4. The molecule has 204 valence electrons. The van der Waals surface area contributed by atoms with Crippen LogP contribution in [0.1, 0.15) is 37.2 Å². The van der Waals surface area contributed by atoms with E-state index in [1.54, 1.807) is 16.8 Å². The SMILES string of the molecule is CCOc1ccc2[nH]c(=O)c(C(c3nnnn3CC3CCCO3)N3CCN(c4ccc(O)cc4)CC3)cc2c1. The number of piperazine rings is 1. The molecule has 11 nitrogen and oxygen atoms in total. The molecule has 0 radical (unpaired) electrons. The van der Waals surface area contributed by atoms with E-state index in [4.69, 9.17) is 9.47 Å². The summed E-state index contributed by atoms with van der Waals surface area (Å²) in [6.07, 6.45) is 2.05. The molecule has 0 amide bonds. The van der Waals surface area contributed by atoms with Gasteiger partial charge in [-0.2, -0.15) is 0 Å². The van der Waals surface area contributed by atoms with Crippen molar-refractivity contribution in [1.29, 1.82) is 0 Å². The number of hydrogen-bond acceptors (Lipinski definition) is 9. The first-order valence-electron chi connectivity index (χ1n) is 13.5. The molecule has 11 heteroatoms. The molecule has 4 heterocycles. The summed E-state index contributed by atoms with van der Waals surface area (Å²) in [4.78, 5) is 21.2. The number of benzene rings is 2. The van der Waals surface area contributed by atoms with Crippen LogP contribution in [0.2, 0.25) is 0 Å². The van der Waals surface area contributed by atoms with Gasteiger partial charge >= 0.3 is 0 Å². The molecule has 0 bridgehead atoms. The van der Waals surface area contributed by atoms with Crippen molar-refractivity contribution >= 4 is 16.6 Å². The predicted molar refractivity (Wildman–Crippen MR) is 146 cm³/mol. The van der Waals surface area contributed by atoms with E-state index in [9.17, 15) is 9.90 Å². The molecule has 2 unspecified atom stereocenters. The number of nitrogens with one attached hydrogen (secondary N) is 1. The summed E-state index contributed by atoms with van der Waals surface area (Å²) in [5, 5.41) is 23.3. The first-order valence-corrected chi connectivity index (χ1v) is 13.5. The van der Waals surface area contributed by atoms with E-state index in [0.717, 1.165) is 54.9 Å². The zero-order valence-corrected chi connectivity index (χ0v) is 22.0. The van der Waals surface area contributed by atoms with Crippen LogP contribution in [0.4, 0.5) is 5.69 Å². The van der Waals surface area contributed by atoms with Gasteiger partial charge in [-0.15, -0.1) is 5.10 Å². The molecule has 0 spiro atoms. The smallest absolute Gasteiger partial charge is 0.253 e. The van der Waals surface area contributed by atoms with E-state index in [0.29, 0.717) is 37.6 Å². The fourth-order valence-corrected chi connectivity index (χ4v) is 5.58. The first kappa shape index (κ1) is 25.3. The van der Waals surface area contributed by atoms with Crippen LogP contribution < -0.4 is 15.2 Å². The highest BCUT2D eigenvalue weighted by Gasteiger charge is 2.33. The fraction of sp³-hybridized carbons (Fsp3) is 0.429. The number of phenolic OH excluding ortho intramolecular Hbond substituents is 1. The van der Waals surface area contributed by atoms with E-state index in [1.807, 2.05) is 43.3 Å². The lowest BCUT2D eigenvalue weighted by molar-refractivity contribution is 0.0906. The van der Waals surface area contributed by atoms with Gasteiger partial charge in [0.05, 0.1) is 19.3 Å². The van der Waals surface area contributed by atoms with Crippen LogP contribution in [0, 0.1) is 0 Å². The highest BCUT2D eigenvalue weighted by atomic mass is 16.5. The van der Waals surface area contributed by atoms with Crippen LogP contribution in [0.25, 0.3) is 10.9 Å². The molecule has 2 saturated heterocycles. The topological polar surface area (TPSA) is 122 Å². The summed E-state index contributed by atoms with van der Waals surface area (Å²) in [7, 11) is 0. The zero-order chi connectivity index (χ0) is 26.8. The van der Waals surface area contributed by atoms with Gasteiger partial charge < -0.3 is 24.5 Å². The van der Waals surface area contributed by atoms with Crippen molar-refractivity contribution in [1.82, 2.24) is 30.1 Å². The van der Waals surface area contributed by atoms with Gasteiger partial charge in [0.15, 0.2) is 5.82 Å². The predicted octanol–water partition coefficient (Wildman–Crippen LogP) is 2.71. The maximum Gasteiger partial charge on any atom is 0.253 e. The molecule has 2 aliphatic rings. The van der Waals surface area contributed by atoms with Crippen LogP contribution in [-0.4, -0.2) is 80.7 Å². The highest BCUT2D eigenvalue weighted by molar-refractivity contribution is 5.80. The molecule has 0 saturated carbocycles. The molecule has 2 aromatic carbocycles. The van der Waals surface area contributed by atoms with Gasteiger partial charge in [0.2, 0.25) is 0 Å². The molecule has 2 fully saturated rings. The Balaban J connectivity index is 1.36. The number of aromatic amines is 1. The minimum atomic E-state index is -0.438. The second kappa shape index (κ2) is 11.0. The number of fused-ring (bicyclic) bond motifs is 1. The monoisotopic (exact) mass is 531 g/mol. The van der Waals surface area contributed by atoms with Crippen LogP contribution in [0.15, 0.2) is 53.3 Å². The third-order valence-corrected chi connectivity index (χ3v) is 7.55. The molecule has 2 atom stereocenters. The van der Waals surface area contributed by atoms with Gasteiger partial charge in [0.25, 0.3) is 5.56 Å². The lowest BCUT2D eigenvalue weighted by Gasteiger charge is -2.39. The van der Waals surface area contributed by atoms with Gasteiger partial charge in [0.1, 0.15) is 17.5 Å². The minimum Gasteiger partial charge on any atom is -0.508 e. The maximum atomic E-state index is 13.5. The van der Waals surface area contributed by atoms with Gasteiger partial charge in [-0.05, 0) is 78.7 Å². The fourth-order valence-electron chi connectivity index (χ4n) is 5.58. The van der Waals surface area contributed by atoms with Gasteiger partial charge in [-0.3, -0.25) is 9.69 Å². The molecular weight excluding hydrogens is 498 g/mol. The molecule has 2 aliphatic heterocycles. The average Bonchev–Trinajstić information content (AvgIpc) is 3.63. The van der Waals surface area contributed by atoms with Crippen molar-refractivity contribution < 1.29 is 14.6 Å². The number of phenols is 1. The standard InChI is InChI=1S/C28H33N7O4/c1-2-38-22-9-10-25-19(16-22)17-24(28(37)29-25)26(27-30-31-32-35(27)18-23-4-3-15-39-23)34-13-11-33(12-14-34)20-5-7-21(36)8-6-20/h5-10,16-17,23,26,36H,2-4,11-15,18H2,1H3,(H,29,37). The summed E-state index contributed by atoms with van der Waals surface area (Å²) >= 11 is 0. The Kier molecular flexibility index (Phi) is 7.16. The second-order valence-corrected chi connectivity index (χ2v) is 10.0. The van der Waals surface area contributed by atoms with E-state index < -0.39 is 6.04 Å². The number of ether oxygens (including phenoxy) is 2. The molecule has 4 aromatic rings. The third kappa shape index (κ3) is 5.32. The normalized spacial score (nSPS) is 19.0. The molecule has 2 N–H and O–H groups in total. The van der Waals surface area contributed by atoms with Crippen molar-refractivity contribution in [3.8, 4) is 11.5 Å². The number of aromatic nitrogens is 5. The lowest BCUT2D eigenvalue weighted by atomic mass is 10.0. The Hall–Kier alpha value is -3.96. The Morgan fingerprint density at radius 1 is 1.13 bits per heavy atom. The second-order valence-electron chi connectivity index (χ2n) is 10.0. The highest BCUT2D eigenvalue weighted by Crippen LogP contribution is 2.30. The van der Waals surface area contributed by atoms with Crippen molar-refractivity contribution in [2.24, 2.45) is 0 Å². The van der Waals surface area contributed by atoms with E-state index in [1.165, 1.54) is 0 Å². The molecule has 0 aliphatic carbocycles. The molecule has 2 aromatic heterocycles. The van der Waals surface area contributed by atoms with E-state index in [2.05, 4.69) is 30.3 Å². The van der Waals surface area contributed by atoms with E-state index >= 15 is 0 Å². The zero-order valence-electron chi connectivity index (χ0n) is 22.0. The van der Waals surface area contributed by atoms with Crippen molar-refractivity contribution in [3.63, 3.8) is 0 Å². The van der Waals surface area contributed by atoms with Crippen LogP contribution >= 0.6 is 0 Å². The van der Waals surface area contributed by atoms with Crippen molar-refractivity contribution in [2.45, 2.75) is 38.5 Å². The summed E-state index contributed by atoms with van der Waals surface area (Å²) in [5.41, 5.74) is 2.24. The van der Waals surface area contributed by atoms with Gasteiger partial charge in [-0.1, -0.05) is 0 Å². The molecule has 39 heavy (non-hydrogen) atoms. The summed E-state index contributed by atoms with van der Waals surface area (Å²) in [6.45, 7) is 6.73. The first-order chi connectivity index (χ1) is 19.1. The van der Waals surface area contributed by atoms with Crippen LogP contribution in [0.3, 0.4) is 0 Å². The minimum absolute atomic E-state index is 0.0582. The summed E-state index contributed by atoms with van der Waals surface area (Å²) in [5.74, 6) is 1.64. The lowest BCUT2D eigenvalue weighted by Crippen LogP contribution is -2.49.